The Morgan fingerprint density at radius 3 is 2.24 bits per heavy atom. The smallest absolute Gasteiger partial charge is 0.252 e. The van der Waals surface area contributed by atoms with Crippen LogP contribution >= 0.6 is 21.6 Å². The number of ether oxygens (including phenoxy) is 2. The molecule has 0 bridgehead atoms. The van der Waals surface area contributed by atoms with Crippen molar-refractivity contribution in [1.82, 2.24) is 30.6 Å². The van der Waals surface area contributed by atoms with E-state index in [1.165, 1.54) is 27.9 Å². The number of carbonyl (C=O) groups excluding carboxylic acids is 2. The molecule has 4 rings (SSSR count). The highest BCUT2D eigenvalue weighted by atomic mass is 33.1. The lowest BCUT2D eigenvalue weighted by Crippen LogP contribution is -2.35. The van der Waals surface area contributed by atoms with E-state index in [4.69, 9.17) is 9.47 Å². The van der Waals surface area contributed by atoms with Gasteiger partial charge in [0.25, 0.3) is 11.8 Å². The molecule has 0 spiro atoms. The van der Waals surface area contributed by atoms with Crippen LogP contribution in [0.1, 0.15) is 34.6 Å². The van der Waals surface area contributed by atoms with Crippen molar-refractivity contribution in [2.45, 2.75) is 36.0 Å². The monoisotopic (exact) mass is 552 g/mol. The van der Waals surface area contributed by atoms with Crippen LogP contribution in [0, 0.1) is 0 Å². The molecular formula is C26H28N6O4S2. The number of rotatable bonds is 11. The predicted octanol–water partition coefficient (Wildman–Crippen LogP) is 3.90. The van der Waals surface area contributed by atoms with Crippen molar-refractivity contribution in [1.29, 1.82) is 0 Å². The molecular weight excluding hydrogens is 524 g/mol. The zero-order valence-corrected chi connectivity index (χ0v) is 23.1. The van der Waals surface area contributed by atoms with Crippen molar-refractivity contribution in [2.24, 2.45) is 0 Å². The van der Waals surface area contributed by atoms with Crippen LogP contribution in [0.2, 0.25) is 0 Å². The minimum absolute atomic E-state index is 0.125. The second-order valence-electron chi connectivity index (χ2n) is 8.61. The average molecular weight is 553 g/mol. The molecule has 0 aliphatic carbocycles. The van der Waals surface area contributed by atoms with Gasteiger partial charge in [-0.3, -0.25) is 9.59 Å². The van der Waals surface area contributed by atoms with Crippen LogP contribution in [0.4, 0.5) is 0 Å². The van der Waals surface area contributed by atoms with Crippen LogP contribution in [0.5, 0.6) is 0 Å². The summed E-state index contributed by atoms with van der Waals surface area (Å²) in [6.07, 6.45) is 4.76. The molecule has 2 heterocycles. The number of fused-ring (bicyclic) bond motifs is 2. The standard InChI is InChI=1S/C26H28N6O4S2/c1-15(12-35-3)30-24(33)17-6-5-7-21-19(17)11-28-26(32-21)38-37-22-9-8-18(20-10-27-14-29-23(20)22)25(34)31-16(2)13-36-4/h5-11,14-16H,12-13H2,1-4H3,(H,30,33)(H,31,34). The summed E-state index contributed by atoms with van der Waals surface area (Å²) in [4.78, 5) is 44.1. The number of amides is 2. The summed E-state index contributed by atoms with van der Waals surface area (Å²) < 4.78 is 10.2. The van der Waals surface area contributed by atoms with Gasteiger partial charge < -0.3 is 20.1 Å². The Labute approximate surface area is 228 Å². The molecule has 12 heteroatoms. The third-order valence-electron chi connectivity index (χ3n) is 5.52. The van der Waals surface area contributed by atoms with Gasteiger partial charge in [0.2, 0.25) is 0 Å². The predicted molar refractivity (Wildman–Crippen MR) is 148 cm³/mol. The Morgan fingerprint density at radius 2 is 1.55 bits per heavy atom. The lowest BCUT2D eigenvalue weighted by molar-refractivity contribution is 0.0899. The number of carbonyl (C=O) groups is 2. The molecule has 4 aromatic rings. The van der Waals surface area contributed by atoms with Crippen molar-refractivity contribution < 1.29 is 19.1 Å². The molecule has 0 radical (unpaired) electrons. The van der Waals surface area contributed by atoms with E-state index in [0.29, 0.717) is 51.3 Å². The molecule has 2 aromatic heterocycles. The van der Waals surface area contributed by atoms with Crippen LogP contribution < -0.4 is 10.6 Å². The SMILES string of the molecule is COCC(C)NC(=O)c1cccc2nc(SSc3ccc(C(=O)NC(C)COC)c4cncnc34)ncc12. The van der Waals surface area contributed by atoms with Crippen molar-refractivity contribution >= 4 is 55.2 Å². The summed E-state index contributed by atoms with van der Waals surface area (Å²) in [5.41, 5.74) is 2.32. The Kier molecular flexibility index (Phi) is 9.45. The number of hydrogen-bond donors (Lipinski definition) is 2. The van der Waals surface area contributed by atoms with Gasteiger partial charge in [0.05, 0.1) is 35.4 Å². The summed E-state index contributed by atoms with van der Waals surface area (Å²) in [5.74, 6) is -0.418. The Bertz CT molecular complexity index is 1450. The molecule has 2 atom stereocenters. The minimum Gasteiger partial charge on any atom is -0.383 e. The summed E-state index contributed by atoms with van der Waals surface area (Å²) in [5, 5.41) is 7.70. The maximum absolute atomic E-state index is 12.8. The Balaban J connectivity index is 1.53. The first kappa shape index (κ1) is 27.7. The van der Waals surface area contributed by atoms with E-state index in [1.54, 1.807) is 44.8 Å². The molecule has 38 heavy (non-hydrogen) atoms. The van der Waals surface area contributed by atoms with Crippen LogP contribution in [0.3, 0.4) is 0 Å². The number of methoxy groups -OCH3 is 2. The maximum Gasteiger partial charge on any atom is 0.252 e. The first-order chi connectivity index (χ1) is 18.4. The van der Waals surface area contributed by atoms with E-state index in [-0.39, 0.29) is 23.9 Å². The molecule has 0 saturated carbocycles. The van der Waals surface area contributed by atoms with Gasteiger partial charge in [-0.05, 0) is 59.7 Å². The van der Waals surface area contributed by atoms with Crippen molar-refractivity contribution in [3.05, 3.63) is 60.2 Å². The van der Waals surface area contributed by atoms with E-state index in [9.17, 15) is 9.59 Å². The summed E-state index contributed by atoms with van der Waals surface area (Å²) in [6.45, 7) is 4.59. The summed E-state index contributed by atoms with van der Waals surface area (Å²) >= 11 is 0. The van der Waals surface area contributed by atoms with E-state index in [0.717, 1.165) is 4.90 Å². The highest BCUT2D eigenvalue weighted by Gasteiger charge is 2.17. The maximum atomic E-state index is 12.8. The lowest BCUT2D eigenvalue weighted by Gasteiger charge is -2.14. The quantitative estimate of drug-likeness (QED) is 0.209. The molecule has 0 aliphatic rings. The van der Waals surface area contributed by atoms with Crippen LogP contribution in [0.15, 0.2) is 59.1 Å². The van der Waals surface area contributed by atoms with Crippen LogP contribution in [-0.4, -0.2) is 71.3 Å². The molecule has 10 nitrogen and oxygen atoms in total. The lowest BCUT2D eigenvalue weighted by atomic mass is 10.1. The zero-order valence-electron chi connectivity index (χ0n) is 21.4. The fourth-order valence-electron chi connectivity index (χ4n) is 3.86. The molecule has 2 aromatic carbocycles. The largest absolute Gasteiger partial charge is 0.383 e. The second kappa shape index (κ2) is 13.0. The van der Waals surface area contributed by atoms with Gasteiger partial charge >= 0.3 is 0 Å². The third kappa shape index (κ3) is 6.57. The van der Waals surface area contributed by atoms with E-state index in [2.05, 4.69) is 30.6 Å². The molecule has 2 unspecified atom stereocenters. The van der Waals surface area contributed by atoms with Gasteiger partial charge in [-0.15, -0.1) is 0 Å². The first-order valence-corrected chi connectivity index (χ1v) is 14.0. The number of nitrogens with one attached hydrogen (secondary N) is 2. The molecule has 0 fully saturated rings. The van der Waals surface area contributed by atoms with Gasteiger partial charge in [0.15, 0.2) is 5.16 Å². The molecule has 0 aliphatic heterocycles. The van der Waals surface area contributed by atoms with Gasteiger partial charge in [0, 0.05) is 54.4 Å². The number of hydrogen-bond acceptors (Lipinski definition) is 10. The van der Waals surface area contributed by atoms with Crippen molar-refractivity contribution in [3.63, 3.8) is 0 Å². The van der Waals surface area contributed by atoms with Crippen molar-refractivity contribution in [2.75, 3.05) is 27.4 Å². The summed E-state index contributed by atoms with van der Waals surface area (Å²) in [7, 11) is 5.99. The second-order valence-corrected chi connectivity index (χ2v) is 10.8. The average Bonchev–Trinajstić information content (AvgIpc) is 2.91. The van der Waals surface area contributed by atoms with Gasteiger partial charge in [-0.25, -0.2) is 19.9 Å². The van der Waals surface area contributed by atoms with Crippen LogP contribution in [-0.2, 0) is 9.47 Å². The van der Waals surface area contributed by atoms with Crippen molar-refractivity contribution in [3.8, 4) is 0 Å². The highest BCUT2D eigenvalue weighted by Crippen LogP contribution is 2.39. The number of nitrogens with zero attached hydrogens (tertiary/aromatic N) is 4. The van der Waals surface area contributed by atoms with Crippen LogP contribution in [0.25, 0.3) is 21.8 Å². The molecule has 198 valence electrons. The highest BCUT2D eigenvalue weighted by molar-refractivity contribution is 8.76. The number of benzene rings is 2. The normalized spacial score (nSPS) is 12.8. The Morgan fingerprint density at radius 1 is 0.868 bits per heavy atom. The topological polar surface area (TPSA) is 128 Å². The van der Waals surface area contributed by atoms with Gasteiger partial charge in [0.1, 0.15) is 6.33 Å². The zero-order chi connectivity index (χ0) is 27.1. The molecule has 2 N–H and O–H groups in total. The third-order valence-corrected chi connectivity index (χ3v) is 7.70. The van der Waals surface area contributed by atoms with E-state index < -0.39 is 0 Å². The van der Waals surface area contributed by atoms with Gasteiger partial charge in [-0.2, -0.15) is 0 Å². The Hall–Kier alpha value is -3.32. The fraction of sp³-hybridized carbons (Fsp3) is 0.308. The number of aromatic nitrogens is 4. The first-order valence-electron chi connectivity index (χ1n) is 11.8. The van der Waals surface area contributed by atoms with Gasteiger partial charge in [-0.1, -0.05) is 6.07 Å². The van der Waals surface area contributed by atoms with E-state index in [1.807, 2.05) is 26.0 Å². The van der Waals surface area contributed by atoms with E-state index >= 15 is 0 Å². The fourth-order valence-corrected chi connectivity index (χ4v) is 5.76. The molecule has 2 amide bonds. The summed E-state index contributed by atoms with van der Waals surface area (Å²) in [6, 6.07) is 8.76. The minimum atomic E-state index is -0.215. The molecule has 0 saturated heterocycles.